The number of nitrogens with one attached hydrogen (secondary N) is 1. The second-order valence-corrected chi connectivity index (χ2v) is 32.9. The van der Waals surface area contributed by atoms with Crippen LogP contribution in [0, 0.1) is 23.7 Å². The number of thiocarbonyl (C=S) groups is 1. The molecule has 10 rings (SSSR count). The third-order valence-corrected chi connectivity index (χ3v) is 23.5. The Morgan fingerprint density at radius 2 is 1.39 bits per heavy atom. The molecular formula is C89H128N10O22S. The number of aliphatic hydroxyl groups is 4. The van der Waals surface area contributed by atoms with Crippen LogP contribution in [0.15, 0.2) is 94.7 Å². The van der Waals surface area contributed by atoms with Crippen LogP contribution >= 0.6 is 12.2 Å². The Hall–Kier alpha value is -8.10. The number of oxazole rings is 1. The number of carbonyl (C=O) groups excluding carboxylic acids is 5. The summed E-state index contributed by atoms with van der Waals surface area (Å²) in [6, 6.07) is 10.8. The number of ether oxygens (including phenoxy) is 12. The highest BCUT2D eigenvalue weighted by molar-refractivity contribution is 7.80. The number of Topliss-reactive ketones (excluding diaryl/α,β-unsaturated/α-hetero) is 2. The number of amides is 2. The highest BCUT2D eigenvalue weighted by atomic mass is 32.1. The summed E-state index contributed by atoms with van der Waals surface area (Å²) < 4.78 is 76.8. The zero-order valence-electron chi connectivity index (χ0n) is 71.6. The number of anilines is 2. The van der Waals surface area contributed by atoms with Gasteiger partial charge in [-0.05, 0) is 173 Å². The van der Waals surface area contributed by atoms with Gasteiger partial charge in [0.1, 0.15) is 59.6 Å². The maximum Gasteiger partial charge on any atom is 0.329 e. The molecule has 2 bridgehead atoms. The fourth-order valence-corrected chi connectivity index (χ4v) is 16.5. The van der Waals surface area contributed by atoms with Gasteiger partial charge in [0.15, 0.2) is 11.2 Å². The molecule has 4 aliphatic heterocycles. The van der Waals surface area contributed by atoms with Crippen LogP contribution in [0.4, 0.5) is 11.8 Å². The van der Waals surface area contributed by atoms with Crippen molar-refractivity contribution in [1.82, 2.24) is 39.8 Å². The van der Waals surface area contributed by atoms with Gasteiger partial charge in [-0.15, -0.1) is 0 Å². The molecule has 0 radical (unpaired) electrons. The molecule has 2 saturated heterocycles. The van der Waals surface area contributed by atoms with E-state index in [1.54, 1.807) is 33.1 Å². The number of nitrogens with zero attached hydrogens (tertiary/aromatic N) is 7. The number of esters is 1. The molecule has 0 spiro atoms. The minimum atomic E-state index is -2.41. The third-order valence-electron chi connectivity index (χ3n) is 23.2. The number of carbonyl (C=O) groups is 5. The molecule has 2 amide bonds. The number of allylic oxidation sites excluding steroid dienone is 6. The van der Waals surface area contributed by atoms with Crippen LogP contribution < -0.4 is 16.8 Å². The van der Waals surface area contributed by atoms with Crippen molar-refractivity contribution in [2.75, 3.05) is 144 Å². The second-order valence-electron chi connectivity index (χ2n) is 32.5. The number of nitrogens with two attached hydrogens (primary N) is 2. The zero-order valence-corrected chi connectivity index (χ0v) is 72.5. The highest BCUT2D eigenvalue weighted by Gasteiger charge is 2.50. The number of ketones is 2. The molecule has 5 aromatic rings. The Balaban J connectivity index is 0.527. The van der Waals surface area contributed by atoms with E-state index in [2.05, 4.69) is 38.5 Å². The first-order valence-electron chi connectivity index (χ1n) is 43.3. The predicted molar refractivity (Wildman–Crippen MR) is 459 cm³/mol. The molecule has 11 atom stereocenters. The molecule has 2 unspecified atom stereocenters. The largest absolute Gasteiger partial charge is 0.468 e. The molecule has 9 N–H and O–H groups in total. The van der Waals surface area contributed by atoms with E-state index in [0.717, 1.165) is 54.4 Å². The van der Waals surface area contributed by atoms with Gasteiger partial charge in [-0.3, -0.25) is 19.2 Å². The van der Waals surface area contributed by atoms with Crippen LogP contribution in [-0.2, 0) is 100 Å². The van der Waals surface area contributed by atoms with Crippen LogP contribution in [-0.4, -0.2) is 276 Å². The molecule has 122 heavy (non-hydrogen) atoms. The number of methoxy groups -OCH3 is 1. The van der Waals surface area contributed by atoms with Gasteiger partial charge < -0.3 is 108 Å². The minimum Gasteiger partial charge on any atom is -0.468 e. The molecule has 3 aromatic heterocycles. The average Bonchev–Trinajstić information content (AvgIpc) is 1.60. The van der Waals surface area contributed by atoms with E-state index in [9.17, 15) is 44.4 Å². The summed E-state index contributed by atoms with van der Waals surface area (Å²) in [6.07, 6.45) is 13.9. The Morgan fingerprint density at radius 3 is 2.07 bits per heavy atom. The minimum absolute atomic E-state index is 0.00608. The first-order valence-corrected chi connectivity index (χ1v) is 43.7. The third kappa shape index (κ3) is 29.3. The topological polar surface area (TPSA) is 417 Å². The van der Waals surface area contributed by atoms with E-state index in [4.69, 9.17) is 90.0 Å². The number of fused-ring (bicyclic) bond motifs is 6. The monoisotopic (exact) mass is 1720 g/mol. The molecule has 1 aliphatic carbocycles. The summed E-state index contributed by atoms with van der Waals surface area (Å²) in [5.74, 6) is -6.24. The summed E-state index contributed by atoms with van der Waals surface area (Å²) in [5, 5.41) is 54.6. The molecule has 1 saturated carbocycles. The number of cyclic esters (lactones) is 1. The maximum atomic E-state index is 14.4. The number of benzene rings is 2. The van der Waals surface area contributed by atoms with Crippen molar-refractivity contribution < 1.29 is 106 Å². The van der Waals surface area contributed by atoms with Gasteiger partial charge in [-0.1, -0.05) is 75.4 Å². The molecule has 672 valence electrons. The van der Waals surface area contributed by atoms with Crippen molar-refractivity contribution in [2.24, 2.45) is 23.7 Å². The Bertz CT molecular complexity index is 4300. The van der Waals surface area contributed by atoms with Crippen molar-refractivity contribution in [1.29, 1.82) is 0 Å². The number of nitrogen functional groups attached to an aromatic ring is 2. The number of hydrogen-bond donors (Lipinski definition) is 7. The molecule has 3 fully saturated rings. The van der Waals surface area contributed by atoms with Gasteiger partial charge in [0.05, 0.1) is 142 Å². The lowest BCUT2D eigenvalue weighted by Crippen LogP contribution is -2.58. The van der Waals surface area contributed by atoms with Gasteiger partial charge in [0.25, 0.3) is 22.9 Å². The fourth-order valence-electron chi connectivity index (χ4n) is 16.3. The lowest BCUT2D eigenvalue weighted by Gasteiger charge is -2.39. The number of aromatic nitrogens is 5. The maximum absolute atomic E-state index is 14.4. The smallest absolute Gasteiger partial charge is 0.329 e. The van der Waals surface area contributed by atoms with Crippen LogP contribution in [0.1, 0.15) is 154 Å². The van der Waals surface area contributed by atoms with Gasteiger partial charge in [0.2, 0.25) is 11.7 Å². The zero-order chi connectivity index (χ0) is 86.9. The fraction of sp³-hybridized carbons (Fsp3) is 0.640. The molecule has 2 aromatic carbocycles. The summed E-state index contributed by atoms with van der Waals surface area (Å²) >= 11 is 5.54. The molecule has 33 heteroatoms. The first-order chi connectivity index (χ1) is 58.9. The molecule has 32 nitrogen and oxygen atoms in total. The lowest BCUT2D eigenvalue weighted by molar-refractivity contribution is -0.245. The number of rotatable bonds is 35. The van der Waals surface area contributed by atoms with Crippen LogP contribution in [0.5, 0.6) is 0 Å². The summed E-state index contributed by atoms with van der Waals surface area (Å²) in [6.45, 7) is 17.5. The SMILES string of the molecule is CO[C@H]1CC2CCC[C@@](O)(O2)C(=O)C(=O)N2CCCC[C@H]2C(=O)O[C@H](CCC2CCC(OC(=S)NCCOCCOCCOCCOCCOCCOCCOCCOCCC(=O)N3CCc4cc(Cn5nc(-c6ccc7oc(N)nc7c6)c6c(N)ncnc65)ccc4C3)CC2)CC(=O)[C@H](C)/C=C(\C)[C@@H](O)[C@@H](O)C(O)[C@H](C)C[C@H](C)/C=C/C=CC=C1C. The quantitative estimate of drug-likeness (QED) is 0.00658. The predicted octanol–water partition coefficient (Wildman–Crippen LogP) is 8.37. The average molecular weight is 1720 g/mol. The summed E-state index contributed by atoms with van der Waals surface area (Å²) in [5.41, 5.74) is 19.9. The number of hydrogen-bond acceptors (Lipinski definition) is 29. The van der Waals surface area contributed by atoms with E-state index < -0.39 is 77.9 Å². The first kappa shape index (κ1) is 96.1. The lowest BCUT2D eigenvalue weighted by atomic mass is 9.83. The molecule has 7 heterocycles. The number of piperidine rings is 1. The van der Waals surface area contributed by atoms with Crippen LogP contribution in [0.3, 0.4) is 0 Å². The molecule has 5 aliphatic rings. The standard InChI is InChI=1S/C89H128N10O22S/c1-58-13-8-7-9-14-59(2)75(109-6)54-70-15-12-29-89(108,121-70)82(105)85(106)98-31-11-10-16-72(98)86(107)118-69(53-73(100)60(3)50-62(5)80(103)81(104)79(102)61(4)49-58)25-20-63-18-23-68(24-19-63)119-88(122)92-30-34-111-36-38-113-40-42-115-44-46-117-48-47-116-45-43-114-41-39-112-37-35-110-33-28-76(101)97-32-27-65-51-64(17-21-67(65)56-97)55-99-84-77(83(90)93-57-94-84)78(96-99)66-22-26-74-71(52-66)95-87(91)120-74/h7-9,13-14,17,21-22,26,50-52,57-58,60-61,63,68-70,72,75,79-81,102-104,108H,10-12,15-16,18-20,23-25,27-49,53-56H2,1-6H3,(H2,91,95)(H,92,122)(H2,90,93,94)/b9-7?,13-8+,59-14?,62-50+/t58-,60-,61-,63?,68?,69-,70?,72+,75+,79?,80-,81+,89-/m1/s1. The van der Waals surface area contributed by atoms with Gasteiger partial charge in [-0.2, -0.15) is 10.1 Å². The van der Waals surface area contributed by atoms with E-state index in [0.29, 0.717) is 222 Å². The van der Waals surface area contributed by atoms with Crippen molar-refractivity contribution in [3.8, 4) is 11.3 Å². The molecular weight excluding hydrogens is 1590 g/mol. The van der Waals surface area contributed by atoms with Crippen molar-refractivity contribution >= 4 is 80.7 Å². The van der Waals surface area contributed by atoms with E-state index >= 15 is 0 Å². The Labute approximate surface area is 720 Å². The Kier molecular flexibility index (Phi) is 39.0. The summed E-state index contributed by atoms with van der Waals surface area (Å²) in [4.78, 5) is 86.3. The van der Waals surface area contributed by atoms with Crippen molar-refractivity contribution in [2.45, 2.75) is 211 Å². The van der Waals surface area contributed by atoms with E-state index in [1.165, 1.54) is 16.8 Å². The normalized spacial score (nSPS) is 26.0. The second kappa shape index (κ2) is 49.6. The van der Waals surface area contributed by atoms with E-state index in [1.807, 2.05) is 72.9 Å². The van der Waals surface area contributed by atoms with Crippen LogP contribution in [0.2, 0.25) is 0 Å². The van der Waals surface area contributed by atoms with Gasteiger partial charge in [0, 0.05) is 64.0 Å². The number of aliphatic hydroxyl groups excluding tert-OH is 3. The van der Waals surface area contributed by atoms with Crippen molar-refractivity contribution in [3.05, 3.63) is 107 Å². The van der Waals surface area contributed by atoms with E-state index in [-0.39, 0.29) is 73.0 Å². The van der Waals surface area contributed by atoms with Crippen molar-refractivity contribution in [3.63, 3.8) is 0 Å². The van der Waals surface area contributed by atoms with Gasteiger partial charge >= 0.3 is 5.97 Å². The summed E-state index contributed by atoms with van der Waals surface area (Å²) in [7, 11) is 1.57. The highest BCUT2D eigenvalue weighted by Crippen LogP contribution is 2.37. The Morgan fingerprint density at radius 1 is 0.721 bits per heavy atom. The van der Waals surface area contributed by atoms with Crippen LogP contribution in [0.25, 0.3) is 33.4 Å². The van der Waals surface area contributed by atoms with Gasteiger partial charge in [-0.25, -0.2) is 19.4 Å².